The number of ether oxygens (including phenoxy) is 2. The Hall–Kier alpha value is -4.76. The zero-order valence-corrected chi connectivity index (χ0v) is 20.0. The van der Waals surface area contributed by atoms with Crippen molar-refractivity contribution in [2.45, 2.75) is 39.2 Å². The summed E-state index contributed by atoms with van der Waals surface area (Å²) in [5, 5.41) is 33.0. The van der Waals surface area contributed by atoms with E-state index in [1.807, 2.05) is 0 Å². The largest absolute Gasteiger partial charge is 0.462 e. The molecule has 37 heavy (non-hydrogen) atoms. The van der Waals surface area contributed by atoms with Crippen molar-refractivity contribution in [3.05, 3.63) is 82.7 Å². The summed E-state index contributed by atoms with van der Waals surface area (Å²) in [6.45, 7) is 3.32. The predicted molar refractivity (Wildman–Crippen MR) is 121 cm³/mol. The molecule has 200 valence electrons. The van der Waals surface area contributed by atoms with E-state index in [1.54, 1.807) is 0 Å². The lowest BCUT2D eigenvalue weighted by Crippen LogP contribution is -2.33. The monoisotopic (exact) mass is 524 g/mol. The SMILES string of the molecule is CC1=C(C(=O)OCCCO[N+](=O)[O-])C(c2cccc([N+](=O)[O-])c2)C(C(=O)OCC(C)O[N+](=O)[O-])=C(C)N1. The fraction of sp³-hybridized carbons (Fsp3) is 0.429. The van der Waals surface area contributed by atoms with Crippen molar-refractivity contribution in [1.29, 1.82) is 0 Å². The summed E-state index contributed by atoms with van der Waals surface area (Å²) in [5.41, 5.74) is 0.349. The number of non-ortho nitro benzene ring substituents is 1. The number of hydrogen-bond acceptors (Lipinski definition) is 13. The van der Waals surface area contributed by atoms with Gasteiger partial charge in [-0.15, -0.1) is 20.2 Å². The number of carbonyl (C=O) groups excluding carboxylic acids is 2. The van der Waals surface area contributed by atoms with Gasteiger partial charge in [0.2, 0.25) is 0 Å². The van der Waals surface area contributed by atoms with Gasteiger partial charge < -0.3 is 24.5 Å². The molecule has 1 aliphatic rings. The van der Waals surface area contributed by atoms with E-state index in [-0.39, 0.29) is 47.7 Å². The second-order valence-electron chi connectivity index (χ2n) is 7.77. The van der Waals surface area contributed by atoms with Gasteiger partial charge in [-0.25, -0.2) is 9.59 Å². The smallest absolute Gasteiger partial charge is 0.336 e. The van der Waals surface area contributed by atoms with Crippen LogP contribution in [0.15, 0.2) is 46.8 Å². The van der Waals surface area contributed by atoms with Crippen molar-refractivity contribution in [1.82, 2.24) is 5.32 Å². The predicted octanol–water partition coefficient (Wildman–Crippen LogP) is 2.11. The first-order valence-corrected chi connectivity index (χ1v) is 10.8. The van der Waals surface area contributed by atoms with Gasteiger partial charge in [0, 0.05) is 29.9 Å². The maximum absolute atomic E-state index is 13.1. The Balaban J connectivity index is 2.41. The first-order chi connectivity index (χ1) is 17.4. The van der Waals surface area contributed by atoms with Crippen molar-refractivity contribution < 1.29 is 43.8 Å². The Morgan fingerprint density at radius 3 is 2.16 bits per heavy atom. The molecule has 0 saturated carbocycles. The second-order valence-corrected chi connectivity index (χ2v) is 7.77. The van der Waals surface area contributed by atoms with E-state index in [1.165, 1.54) is 45.0 Å². The molecule has 1 aromatic carbocycles. The van der Waals surface area contributed by atoms with Gasteiger partial charge in [-0.2, -0.15) is 0 Å². The normalized spacial score (nSPS) is 15.8. The summed E-state index contributed by atoms with van der Waals surface area (Å²) in [4.78, 5) is 66.2. The molecule has 0 amide bonds. The van der Waals surface area contributed by atoms with E-state index in [9.17, 15) is 39.9 Å². The van der Waals surface area contributed by atoms with Gasteiger partial charge in [0.1, 0.15) is 12.7 Å². The lowest BCUT2D eigenvalue weighted by molar-refractivity contribution is -0.767. The van der Waals surface area contributed by atoms with Crippen LogP contribution in [0.4, 0.5) is 5.69 Å². The third-order valence-electron chi connectivity index (χ3n) is 5.05. The van der Waals surface area contributed by atoms with Crippen LogP contribution >= 0.6 is 0 Å². The number of esters is 2. The maximum Gasteiger partial charge on any atom is 0.336 e. The van der Waals surface area contributed by atoms with Crippen LogP contribution in [0.25, 0.3) is 0 Å². The molecule has 0 radical (unpaired) electrons. The van der Waals surface area contributed by atoms with Crippen molar-refractivity contribution in [2.75, 3.05) is 19.8 Å². The molecule has 2 unspecified atom stereocenters. The molecule has 16 heteroatoms. The van der Waals surface area contributed by atoms with Crippen LogP contribution in [0.1, 0.15) is 38.7 Å². The highest BCUT2D eigenvalue weighted by molar-refractivity contribution is 6.00. The molecular formula is C21H24N4O12. The molecular weight excluding hydrogens is 500 g/mol. The Morgan fingerprint density at radius 1 is 0.973 bits per heavy atom. The van der Waals surface area contributed by atoms with Gasteiger partial charge in [0.05, 0.1) is 35.2 Å². The van der Waals surface area contributed by atoms with Crippen LogP contribution in [-0.2, 0) is 28.7 Å². The van der Waals surface area contributed by atoms with E-state index in [0.717, 1.165) is 0 Å². The number of allylic oxidation sites excluding steroid dienone is 2. The summed E-state index contributed by atoms with van der Waals surface area (Å²) in [7, 11) is 0. The van der Waals surface area contributed by atoms with Crippen molar-refractivity contribution in [3.63, 3.8) is 0 Å². The molecule has 0 bridgehead atoms. The summed E-state index contributed by atoms with van der Waals surface area (Å²) in [6, 6.07) is 5.29. The lowest BCUT2D eigenvalue weighted by atomic mass is 9.80. The zero-order chi connectivity index (χ0) is 27.7. The van der Waals surface area contributed by atoms with E-state index < -0.39 is 45.7 Å². The number of nitro groups is 1. The quantitative estimate of drug-likeness (QED) is 0.170. The first-order valence-electron chi connectivity index (χ1n) is 10.8. The van der Waals surface area contributed by atoms with Gasteiger partial charge in [-0.1, -0.05) is 12.1 Å². The topological polar surface area (TPSA) is 213 Å². The molecule has 1 aliphatic heterocycles. The van der Waals surface area contributed by atoms with Gasteiger partial charge in [-0.05, 0) is 26.3 Å². The average Bonchev–Trinajstić information content (AvgIpc) is 2.81. The molecule has 0 fully saturated rings. The van der Waals surface area contributed by atoms with Crippen LogP contribution in [0, 0.1) is 30.3 Å². The fourth-order valence-corrected chi connectivity index (χ4v) is 3.58. The number of rotatable bonds is 13. The number of nitrogens with one attached hydrogen (secondary N) is 1. The highest BCUT2D eigenvalue weighted by atomic mass is 17.0. The number of dihydropyridines is 1. The third kappa shape index (κ3) is 7.87. The van der Waals surface area contributed by atoms with Crippen molar-refractivity contribution in [2.24, 2.45) is 0 Å². The number of nitro benzene ring substituents is 1. The second kappa shape index (κ2) is 12.8. The van der Waals surface area contributed by atoms with Crippen LogP contribution in [-0.4, -0.2) is 53.0 Å². The molecule has 0 saturated heterocycles. The number of benzene rings is 1. The molecule has 2 rings (SSSR count). The highest BCUT2D eigenvalue weighted by Gasteiger charge is 2.38. The van der Waals surface area contributed by atoms with Crippen LogP contribution in [0.3, 0.4) is 0 Å². The van der Waals surface area contributed by atoms with Gasteiger partial charge >= 0.3 is 11.9 Å². The van der Waals surface area contributed by atoms with Gasteiger partial charge in [0.15, 0.2) is 0 Å². The van der Waals surface area contributed by atoms with E-state index in [0.29, 0.717) is 5.70 Å². The molecule has 0 spiro atoms. The Morgan fingerprint density at radius 2 is 1.59 bits per heavy atom. The molecule has 1 N–H and O–H groups in total. The van der Waals surface area contributed by atoms with Gasteiger partial charge in [0.25, 0.3) is 15.9 Å². The molecule has 2 atom stereocenters. The van der Waals surface area contributed by atoms with Gasteiger partial charge in [-0.3, -0.25) is 10.1 Å². The fourth-order valence-electron chi connectivity index (χ4n) is 3.58. The van der Waals surface area contributed by atoms with E-state index in [2.05, 4.69) is 15.0 Å². The molecule has 1 aromatic rings. The molecule has 1 heterocycles. The van der Waals surface area contributed by atoms with E-state index >= 15 is 0 Å². The minimum Gasteiger partial charge on any atom is -0.462 e. The van der Waals surface area contributed by atoms with Crippen LogP contribution < -0.4 is 5.32 Å². The third-order valence-corrected chi connectivity index (χ3v) is 5.05. The molecule has 16 nitrogen and oxygen atoms in total. The number of nitrogens with zero attached hydrogens (tertiary/aromatic N) is 3. The summed E-state index contributed by atoms with van der Waals surface area (Å²) in [6.07, 6.45) is -1.08. The Labute approximate surface area is 209 Å². The number of carbonyl (C=O) groups is 2. The standard InChI is InChI=1S/C21H24N4O12/c1-12(37-25(32)33)11-35-21(27)18-14(3)22-13(2)17(20(26)34-8-5-9-36-24(30)31)19(18)15-6-4-7-16(10-15)23(28)29/h4,6-7,10,12,19,22H,5,8-9,11H2,1-3H3. The minimum absolute atomic E-state index is 0.00600. The maximum atomic E-state index is 13.1. The highest BCUT2D eigenvalue weighted by Crippen LogP contribution is 2.40. The minimum atomic E-state index is -1.16. The molecule has 0 aliphatic carbocycles. The van der Waals surface area contributed by atoms with Crippen LogP contribution in [0.5, 0.6) is 0 Å². The molecule has 0 aromatic heterocycles. The lowest BCUT2D eigenvalue weighted by Gasteiger charge is -2.30. The zero-order valence-electron chi connectivity index (χ0n) is 20.0. The Kier molecular flexibility index (Phi) is 9.85. The van der Waals surface area contributed by atoms with Crippen LogP contribution in [0.2, 0.25) is 0 Å². The summed E-state index contributed by atoms with van der Waals surface area (Å²) in [5.74, 6) is -2.99. The van der Waals surface area contributed by atoms with Crippen molar-refractivity contribution in [3.8, 4) is 0 Å². The summed E-state index contributed by atoms with van der Waals surface area (Å²) >= 11 is 0. The van der Waals surface area contributed by atoms with E-state index in [4.69, 9.17) is 9.47 Å². The average molecular weight is 524 g/mol. The summed E-state index contributed by atoms with van der Waals surface area (Å²) < 4.78 is 10.4. The first kappa shape index (κ1) is 28.5. The Bertz CT molecular complexity index is 1150. The number of hydrogen-bond donors (Lipinski definition) is 1. The van der Waals surface area contributed by atoms with Crippen molar-refractivity contribution >= 4 is 17.6 Å².